The summed E-state index contributed by atoms with van der Waals surface area (Å²) in [6.07, 6.45) is 6.85. The van der Waals surface area contributed by atoms with Crippen molar-refractivity contribution in [3.63, 3.8) is 0 Å². The standard InChI is InChI=1S/C16H14N4O/c21-14-5-3-13(4-6-14)15-16(19-9-8-18-15)20-11-12-2-1-7-17-10-12/h1-10,21H,11H2,(H,19,20). The number of rotatable bonds is 4. The Bertz CT molecular complexity index is 714. The summed E-state index contributed by atoms with van der Waals surface area (Å²) >= 11 is 0. The van der Waals surface area contributed by atoms with Crippen molar-refractivity contribution in [2.75, 3.05) is 5.32 Å². The summed E-state index contributed by atoms with van der Waals surface area (Å²) in [6.45, 7) is 0.623. The largest absolute Gasteiger partial charge is 0.508 e. The van der Waals surface area contributed by atoms with Crippen molar-refractivity contribution < 1.29 is 5.11 Å². The smallest absolute Gasteiger partial charge is 0.152 e. The molecule has 0 aliphatic heterocycles. The molecule has 0 radical (unpaired) electrons. The maximum absolute atomic E-state index is 9.37. The molecule has 0 saturated heterocycles. The second-order valence-electron chi connectivity index (χ2n) is 4.52. The van der Waals surface area contributed by atoms with Crippen molar-refractivity contribution in [1.29, 1.82) is 0 Å². The van der Waals surface area contributed by atoms with E-state index in [1.807, 2.05) is 30.5 Å². The molecule has 3 rings (SSSR count). The van der Waals surface area contributed by atoms with E-state index in [9.17, 15) is 5.11 Å². The molecule has 0 fully saturated rings. The summed E-state index contributed by atoms with van der Waals surface area (Å²) in [4.78, 5) is 12.8. The fourth-order valence-corrected chi connectivity index (χ4v) is 1.99. The van der Waals surface area contributed by atoms with Gasteiger partial charge in [0.1, 0.15) is 11.4 Å². The number of phenolic OH excluding ortho intramolecular Hbond substituents is 1. The predicted molar refractivity (Wildman–Crippen MR) is 80.7 cm³/mol. The van der Waals surface area contributed by atoms with Crippen LogP contribution in [0.3, 0.4) is 0 Å². The van der Waals surface area contributed by atoms with Gasteiger partial charge in [0.2, 0.25) is 0 Å². The van der Waals surface area contributed by atoms with Crippen LogP contribution in [0.5, 0.6) is 5.75 Å². The van der Waals surface area contributed by atoms with Crippen LogP contribution < -0.4 is 5.32 Å². The lowest BCUT2D eigenvalue weighted by Crippen LogP contribution is -2.04. The van der Waals surface area contributed by atoms with E-state index in [0.29, 0.717) is 12.4 Å². The maximum atomic E-state index is 9.37. The number of hydrogen-bond donors (Lipinski definition) is 2. The third kappa shape index (κ3) is 3.14. The zero-order valence-electron chi connectivity index (χ0n) is 11.3. The zero-order chi connectivity index (χ0) is 14.5. The topological polar surface area (TPSA) is 70.9 Å². The summed E-state index contributed by atoms with van der Waals surface area (Å²) < 4.78 is 0. The Morgan fingerprint density at radius 1 is 0.952 bits per heavy atom. The van der Waals surface area contributed by atoms with E-state index >= 15 is 0 Å². The van der Waals surface area contributed by atoms with Gasteiger partial charge in [0.25, 0.3) is 0 Å². The Balaban J connectivity index is 1.84. The van der Waals surface area contributed by atoms with Crippen LogP contribution in [0.15, 0.2) is 61.2 Å². The van der Waals surface area contributed by atoms with Crippen LogP contribution in [0.4, 0.5) is 5.82 Å². The number of pyridine rings is 1. The van der Waals surface area contributed by atoms with Crippen molar-refractivity contribution >= 4 is 5.82 Å². The first-order valence-electron chi connectivity index (χ1n) is 6.56. The van der Waals surface area contributed by atoms with Crippen molar-refractivity contribution in [1.82, 2.24) is 15.0 Å². The van der Waals surface area contributed by atoms with Crippen LogP contribution in [0.2, 0.25) is 0 Å². The Kier molecular flexibility index (Phi) is 3.73. The summed E-state index contributed by atoms with van der Waals surface area (Å²) in [5, 5.41) is 12.6. The molecule has 5 heteroatoms. The summed E-state index contributed by atoms with van der Waals surface area (Å²) in [6, 6.07) is 10.8. The number of nitrogens with zero attached hydrogens (tertiary/aromatic N) is 3. The van der Waals surface area contributed by atoms with E-state index in [1.54, 1.807) is 30.7 Å². The minimum absolute atomic E-state index is 0.229. The average Bonchev–Trinajstić information content (AvgIpc) is 2.55. The van der Waals surface area contributed by atoms with Crippen molar-refractivity contribution in [2.24, 2.45) is 0 Å². The molecule has 0 amide bonds. The number of aromatic nitrogens is 3. The third-order valence-corrected chi connectivity index (χ3v) is 3.02. The van der Waals surface area contributed by atoms with E-state index in [4.69, 9.17) is 0 Å². The molecule has 2 heterocycles. The number of benzene rings is 1. The highest BCUT2D eigenvalue weighted by Crippen LogP contribution is 2.25. The lowest BCUT2D eigenvalue weighted by atomic mass is 10.1. The lowest BCUT2D eigenvalue weighted by Gasteiger charge is -2.10. The lowest BCUT2D eigenvalue weighted by molar-refractivity contribution is 0.475. The highest BCUT2D eigenvalue weighted by Gasteiger charge is 2.07. The molecule has 2 aromatic heterocycles. The van der Waals surface area contributed by atoms with Crippen molar-refractivity contribution in [3.05, 3.63) is 66.7 Å². The minimum atomic E-state index is 0.229. The fraction of sp³-hybridized carbons (Fsp3) is 0.0625. The summed E-state index contributed by atoms with van der Waals surface area (Å²) in [7, 11) is 0. The number of anilines is 1. The van der Waals surface area contributed by atoms with E-state index in [-0.39, 0.29) is 5.75 Å². The van der Waals surface area contributed by atoms with Crippen LogP contribution in [0.1, 0.15) is 5.56 Å². The molecular weight excluding hydrogens is 264 g/mol. The molecule has 3 aromatic rings. The van der Waals surface area contributed by atoms with Crippen LogP contribution in [-0.4, -0.2) is 20.1 Å². The van der Waals surface area contributed by atoms with Gasteiger partial charge in [0.15, 0.2) is 5.82 Å². The maximum Gasteiger partial charge on any atom is 0.152 e. The van der Waals surface area contributed by atoms with Gasteiger partial charge in [-0.3, -0.25) is 9.97 Å². The van der Waals surface area contributed by atoms with Crippen LogP contribution >= 0.6 is 0 Å². The highest BCUT2D eigenvalue weighted by atomic mass is 16.3. The molecule has 0 saturated carbocycles. The molecule has 0 unspecified atom stereocenters. The second-order valence-corrected chi connectivity index (χ2v) is 4.52. The van der Waals surface area contributed by atoms with Gasteiger partial charge in [-0.25, -0.2) is 4.98 Å². The monoisotopic (exact) mass is 278 g/mol. The Hall–Kier alpha value is -2.95. The third-order valence-electron chi connectivity index (χ3n) is 3.02. The van der Waals surface area contributed by atoms with Crippen LogP contribution in [0.25, 0.3) is 11.3 Å². The molecule has 0 spiro atoms. The molecule has 1 aromatic carbocycles. The first-order valence-corrected chi connectivity index (χ1v) is 6.56. The van der Waals surface area contributed by atoms with Gasteiger partial charge in [0, 0.05) is 36.9 Å². The molecule has 0 atom stereocenters. The van der Waals surface area contributed by atoms with Gasteiger partial charge in [-0.15, -0.1) is 0 Å². The predicted octanol–water partition coefficient (Wildman–Crippen LogP) is 2.86. The number of nitrogens with one attached hydrogen (secondary N) is 1. The SMILES string of the molecule is Oc1ccc(-c2nccnc2NCc2cccnc2)cc1. The normalized spacial score (nSPS) is 10.3. The number of aromatic hydroxyl groups is 1. The Morgan fingerprint density at radius 2 is 1.76 bits per heavy atom. The molecule has 21 heavy (non-hydrogen) atoms. The first kappa shape index (κ1) is 13.1. The quantitative estimate of drug-likeness (QED) is 0.768. The van der Waals surface area contributed by atoms with Crippen LogP contribution in [0, 0.1) is 0 Å². The molecule has 104 valence electrons. The van der Waals surface area contributed by atoms with Crippen molar-refractivity contribution in [3.8, 4) is 17.0 Å². The fourth-order valence-electron chi connectivity index (χ4n) is 1.99. The van der Waals surface area contributed by atoms with Crippen molar-refractivity contribution in [2.45, 2.75) is 6.54 Å². The Morgan fingerprint density at radius 3 is 2.52 bits per heavy atom. The van der Waals surface area contributed by atoms with Crippen LogP contribution in [-0.2, 0) is 6.54 Å². The highest BCUT2D eigenvalue weighted by molar-refractivity contribution is 5.71. The molecule has 0 aliphatic carbocycles. The second kappa shape index (κ2) is 6.00. The number of phenols is 1. The molecule has 5 nitrogen and oxygen atoms in total. The van der Waals surface area contributed by atoms with E-state index in [2.05, 4.69) is 20.3 Å². The van der Waals surface area contributed by atoms with Gasteiger partial charge in [0.05, 0.1) is 0 Å². The first-order chi connectivity index (χ1) is 10.3. The number of hydrogen-bond acceptors (Lipinski definition) is 5. The van der Waals surface area contributed by atoms with Gasteiger partial charge in [-0.2, -0.15) is 0 Å². The van der Waals surface area contributed by atoms with E-state index < -0.39 is 0 Å². The summed E-state index contributed by atoms with van der Waals surface area (Å²) in [5.74, 6) is 0.930. The van der Waals surface area contributed by atoms with Gasteiger partial charge < -0.3 is 10.4 Å². The zero-order valence-corrected chi connectivity index (χ0v) is 11.3. The van der Waals surface area contributed by atoms with E-state index in [1.165, 1.54) is 0 Å². The average molecular weight is 278 g/mol. The minimum Gasteiger partial charge on any atom is -0.508 e. The molecule has 0 aliphatic rings. The molecular formula is C16H14N4O. The van der Waals surface area contributed by atoms with Gasteiger partial charge >= 0.3 is 0 Å². The molecule has 0 bridgehead atoms. The van der Waals surface area contributed by atoms with Gasteiger partial charge in [-0.05, 0) is 35.9 Å². The summed E-state index contributed by atoms with van der Waals surface area (Å²) in [5.41, 5.74) is 2.72. The van der Waals surface area contributed by atoms with E-state index in [0.717, 1.165) is 16.8 Å². The Labute approximate surface area is 122 Å². The van der Waals surface area contributed by atoms with Gasteiger partial charge in [-0.1, -0.05) is 6.07 Å². The molecule has 2 N–H and O–H groups in total.